The maximum Gasteiger partial charge on any atom is 0.0746 e. The lowest BCUT2D eigenvalue weighted by atomic mass is 9.85. The van der Waals surface area contributed by atoms with Gasteiger partial charge in [-0.2, -0.15) is 5.10 Å². The summed E-state index contributed by atoms with van der Waals surface area (Å²) in [5, 5.41) is 15.0. The summed E-state index contributed by atoms with van der Waals surface area (Å²) < 4.78 is 1.97. The van der Waals surface area contributed by atoms with E-state index < -0.39 is 5.60 Å². The Balaban J connectivity index is 1.72. The minimum Gasteiger partial charge on any atom is -0.389 e. The van der Waals surface area contributed by atoms with Crippen molar-refractivity contribution >= 4 is 0 Å². The van der Waals surface area contributed by atoms with Crippen LogP contribution >= 0.6 is 0 Å². The summed E-state index contributed by atoms with van der Waals surface area (Å²) >= 11 is 0. The quantitative estimate of drug-likeness (QED) is 0.931. The maximum atomic E-state index is 10.3. The lowest BCUT2D eigenvalue weighted by molar-refractivity contribution is -0.0182. The molecule has 1 aliphatic heterocycles. The number of hydrogen-bond donors (Lipinski definition) is 1. The van der Waals surface area contributed by atoms with Gasteiger partial charge >= 0.3 is 0 Å². The van der Waals surface area contributed by atoms with Crippen molar-refractivity contribution in [2.24, 2.45) is 7.05 Å². The summed E-state index contributed by atoms with van der Waals surface area (Å²) in [6.07, 6.45) is 10.9. The lowest BCUT2D eigenvalue weighted by Crippen LogP contribution is -2.45. The summed E-state index contributed by atoms with van der Waals surface area (Å²) in [6.45, 7) is 4.78. The van der Waals surface area contributed by atoms with Crippen LogP contribution in [0, 0.1) is 0 Å². The Labute approximate surface area is 128 Å². The fourth-order valence-electron chi connectivity index (χ4n) is 4.10. The monoisotopic (exact) mass is 291 g/mol. The molecule has 1 aromatic heterocycles. The molecule has 0 radical (unpaired) electrons. The molecule has 0 aromatic carbocycles. The minimum absolute atomic E-state index is 0.522. The molecule has 4 nitrogen and oxygen atoms in total. The van der Waals surface area contributed by atoms with Gasteiger partial charge in [0.25, 0.3) is 0 Å². The number of nitrogens with zero attached hydrogens (tertiary/aromatic N) is 3. The topological polar surface area (TPSA) is 41.3 Å². The second-order valence-electron chi connectivity index (χ2n) is 7.36. The predicted octanol–water partition coefficient (Wildman–Crippen LogP) is 2.81. The van der Waals surface area contributed by atoms with Crippen LogP contribution in [0.3, 0.4) is 0 Å². The Morgan fingerprint density at radius 3 is 2.76 bits per heavy atom. The molecule has 0 unspecified atom stereocenters. The Bertz CT molecular complexity index is 474. The van der Waals surface area contributed by atoms with E-state index in [-0.39, 0.29) is 0 Å². The molecule has 2 aliphatic rings. The molecule has 2 fully saturated rings. The van der Waals surface area contributed by atoms with Crippen LogP contribution in [0.5, 0.6) is 0 Å². The summed E-state index contributed by atoms with van der Waals surface area (Å²) in [7, 11) is 2.03. The van der Waals surface area contributed by atoms with Crippen molar-refractivity contribution in [3.05, 3.63) is 17.5 Å². The van der Waals surface area contributed by atoms with Crippen LogP contribution in [0.4, 0.5) is 0 Å². The Hall–Kier alpha value is -0.870. The molecule has 21 heavy (non-hydrogen) atoms. The van der Waals surface area contributed by atoms with Crippen molar-refractivity contribution in [3.63, 3.8) is 0 Å². The van der Waals surface area contributed by atoms with Gasteiger partial charge in [-0.25, -0.2) is 0 Å². The zero-order valence-electron chi connectivity index (χ0n) is 13.5. The van der Waals surface area contributed by atoms with Crippen LogP contribution in [0.25, 0.3) is 0 Å². The van der Waals surface area contributed by atoms with Gasteiger partial charge in [-0.3, -0.25) is 9.58 Å². The van der Waals surface area contributed by atoms with E-state index in [1.165, 1.54) is 43.4 Å². The lowest BCUT2D eigenvalue weighted by Gasteiger charge is -2.37. The third-order valence-corrected chi connectivity index (χ3v) is 5.08. The molecule has 0 amide bonds. The Morgan fingerprint density at radius 2 is 2.05 bits per heavy atom. The molecule has 3 rings (SSSR count). The minimum atomic E-state index is -0.522. The average molecular weight is 291 g/mol. The number of aryl methyl sites for hydroxylation is 1. The highest BCUT2D eigenvalue weighted by atomic mass is 16.3. The summed E-state index contributed by atoms with van der Waals surface area (Å²) in [4.78, 5) is 2.40. The van der Waals surface area contributed by atoms with Gasteiger partial charge in [-0.15, -0.1) is 0 Å². The SMILES string of the molecule is Cn1cc(CN2CCC[C@@](C)(O)C2)c(C2CCCCC2)n1. The molecule has 1 saturated carbocycles. The number of β-amino-alcohol motifs (C(OH)–C–C–N with tert-alkyl or cyclic N) is 1. The van der Waals surface area contributed by atoms with E-state index in [0.717, 1.165) is 32.5 Å². The van der Waals surface area contributed by atoms with Crippen LogP contribution < -0.4 is 0 Å². The van der Waals surface area contributed by atoms with Gasteiger partial charge in [-0.1, -0.05) is 19.3 Å². The van der Waals surface area contributed by atoms with Gasteiger partial charge in [0.15, 0.2) is 0 Å². The van der Waals surface area contributed by atoms with E-state index >= 15 is 0 Å². The first-order valence-corrected chi connectivity index (χ1v) is 8.51. The zero-order valence-corrected chi connectivity index (χ0v) is 13.5. The number of piperidine rings is 1. The molecule has 0 bridgehead atoms. The summed E-state index contributed by atoms with van der Waals surface area (Å²) in [5.41, 5.74) is 2.18. The fraction of sp³-hybridized carbons (Fsp3) is 0.824. The molecule has 1 saturated heterocycles. The second kappa shape index (κ2) is 6.09. The van der Waals surface area contributed by atoms with Gasteiger partial charge in [0.05, 0.1) is 11.3 Å². The van der Waals surface area contributed by atoms with Crippen LogP contribution in [0.15, 0.2) is 6.20 Å². The van der Waals surface area contributed by atoms with Gasteiger partial charge in [-0.05, 0) is 39.2 Å². The highest BCUT2D eigenvalue weighted by Crippen LogP contribution is 2.34. The van der Waals surface area contributed by atoms with Crippen molar-refractivity contribution in [1.29, 1.82) is 0 Å². The number of aliphatic hydroxyl groups is 1. The van der Waals surface area contributed by atoms with Gasteiger partial charge in [0.1, 0.15) is 0 Å². The van der Waals surface area contributed by atoms with Gasteiger partial charge < -0.3 is 5.11 Å². The molecular weight excluding hydrogens is 262 g/mol. The molecule has 1 aliphatic carbocycles. The first-order chi connectivity index (χ1) is 10.0. The number of likely N-dealkylation sites (tertiary alicyclic amines) is 1. The van der Waals surface area contributed by atoms with Crippen LogP contribution in [0.2, 0.25) is 0 Å². The smallest absolute Gasteiger partial charge is 0.0746 e. The molecule has 1 atom stereocenters. The highest BCUT2D eigenvalue weighted by Gasteiger charge is 2.29. The largest absolute Gasteiger partial charge is 0.389 e. The molecule has 4 heteroatoms. The standard InChI is InChI=1S/C17H29N3O/c1-17(21)9-6-10-20(13-17)12-15-11-19(2)18-16(15)14-7-4-3-5-8-14/h11,14,21H,3-10,12-13H2,1-2H3/t17-/m1/s1. The summed E-state index contributed by atoms with van der Waals surface area (Å²) in [6, 6.07) is 0. The van der Waals surface area contributed by atoms with Crippen LogP contribution in [0.1, 0.15) is 69.0 Å². The molecule has 118 valence electrons. The Kier molecular flexibility index (Phi) is 4.36. The van der Waals surface area contributed by atoms with E-state index in [4.69, 9.17) is 5.10 Å². The first kappa shape index (κ1) is 15.0. The van der Waals surface area contributed by atoms with Crippen molar-refractivity contribution in [2.75, 3.05) is 13.1 Å². The van der Waals surface area contributed by atoms with E-state index in [1.807, 2.05) is 18.7 Å². The maximum absolute atomic E-state index is 10.3. The highest BCUT2D eigenvalue weighted by molar-refractivity contribution is 5.22. The summed E-state index contributed by atoms with van der Waals surface area (Å²) in [5.74, 6) is 0.653. The van der Waals surface area contributed by atoms with Crippen molar-refractivity contribution in [2.45, 2.75) is 69.9 Å². The zero-order chi connectivity index (χ0) is 14.9. The van der Waals surface area contributed by atoms with E-state index in [1.54, 1.807) is 0 Å². The molecule has 1 aromatic rings. The predicted molar refractivity (Wildman–Crippen MR) is 84.2 cm³/mol. The van der Waals surface area contributed by atoms with E-state index in [2.05, 4.69) is 11.1 Å². The van der Waals surface area contributed by atoms with Crippen molar-refractivity contribution in [1.82, 2.24) is 14.7 Å². The van der Waals surface area contributed by atoms with Gasteiger partial charge in [0.2, 0.25) is 0 Å². The van der Waals surface area contributed by atoms with E-state index in [0.29, 0.717) is 5.92 Å². The first-order valence-electron chi connectivity index (χ1n) is 8.51. The average Bonchev–Trinajstić information content (AvgIpc) is 2.79. The third kappa shape index (κ3) is 3.67. The van der Waals surface area contributed by atoms with Crippen molar-refractivity contribution in [3.8, 4) is 0 Å². The van der Waals surface area contributed by atoms with Crippen molar-refractivity contribution < 1.29 is 5.11 Å². The second-order valence-corrected chi connectivity index (χ2v) is 7.36. The van der Waals surface area contributed by atoms with Crippen LogP contribution in [-0.2, 0) is 13.6 Å². The molecule has 2 heterocycles. The van der Waals surface area contributed by atoms with Crippen LogP contribution in [-0.4, -0.2) is 38.5 Å². The van der Waals surface area contributed by atoms with E-state index in [9.17, 15) is 5.11 Å². The molecular formula is C17H29N3O. The third-order valence-electron chi connectivity index (χ3n) is 5.08. The fourth-order valence-corrected chi connectivity index (χ4v) is 4.10. The normalized spacial score (nSPS) is 28.9. The number of hydrogen-bond acceptors (Lipinski definition) is 3. The Morgan fingerprint density at radius 1 is 1.29 bits per heavy atom. The molecule has 1 N–H and O–H groups in total. The number of rotatable bonds is 3. The molecule has 0 spiro atoms. The van der Waals surface area contributed by atoms with Gasteiger partial charge in [0, 0.05) is 37.8 Å². The number of aromatic nitrogens is 2.